The van der Waals surface area contributed by atoms with Crippen molar-refractivity contribution in [3.63, 3.8) is 0 Å². The van der Waals surface area contributed by atoms with Crippen LogP contribution >= 0.6 is 0 Å². The van der Waals surface area contributed by atoms with Gasteiger partial charge in [0.1, 0.15) is 0 Å². The molecule has 6 nitrogen and oxygen atoms in total. The molecule has 92 valence electrons. The molecule has 0 aliphatic heterocycles. The van der Waals surface area contributed by atoms with Gasteiger partial charge in [-0.15, -0.1) is 0 Å². The average molecular weight is 241 g/mol. The van der Waals surface area contributed by atoms with E-state index in [2.05, 4.69) is 0 Å². The van der Waals surface area contributed by atoms with Gasteiger partial charge < -0.3 is 15.1 Å². The van der Waals surface area contributed by atoms with Crippen LogP contribution in [0.5, 0.6) is 0 Å². The summed E-state index contributed by atoms with van der Waals surface area (Å²) in [4.78, 5) is 1.79. The molecule has 0 saturated heterocycles. The van der Waals surface area contributed by atoms with Crippen LogP contribution in [-0.2, 0) is 10.1 Å². The van der Waals surface area contributed by atoms with E-state index in [0.717, 1.165) is 0 Å². The summed E-state index contributed by atoms with van der Waals surface area (Å²) in [5.74, 6) is -0.316. The van der Waals surface area contributed by atoms with E-state index in [4.69, 9.17) is 14.8 Å². The van der Waals surface area contributed by atoms with Crippen LogP contribution in [0.4, 0.5) is 0 Å². The van der Waals surface area contributed by atoms with E-state index in [1.54, 1.807) is 4.90 Å². The second kappa shape index (κ2) is 8.00. The summed E-state index contributed by atoms with van der Waals surface area (Å²) >= 11 is 0. The minimum atomic E-state index is -3.94. The predicted molar refractivity (Wildman–Crippen MR) is 56.3 cm³/mol. The molecule has 0 bridgehead atoms. The molecule has 0 fully saturated rings. The fraction of sp³-hybridized carbons (Fsp3) is 1.00. The Balaban J connectivity index is 3.89. The first-order valence-electron chi connectivity index (χ1n) is 4.89. The molecule has 0 heterocycles. The summed E-state index contributed by atoms with van der Waals surface area (Å²) in [5, 5.41) is 17.2. The maximum atomic E-state index is 10.5. The molecular weight excluding hydrogens is 222 g/mol. The van der Waals surface area contributed by atoms with Gasteiger partial charge in [0.05, 0.1) is 5.75 Å². The standard InChI is InChI=1S/C8H19NO5S/c10-6-1-3-9(4-2-7-11)5-8-15(12,13)14/h10-11H,1-8H2,(H,12,13,14). The lowest BCUT2D eigenvalue weighted by Gasteiger charge is -2.20. The second-order valence-corrected chi connectivity index (χ2v) is 4.85. The first-order chi connectivity index (χ1) is 6.99. The molecule has 0 aromatic carbocycles. The lowest BCUT2D eigenvalue weighted by atomic mass is 10.3. The van der Waals surface area contributed by atoms with Crippen LogP contribution in [0.15, 0.2) is 0 Å². The zero-order valence-corrected chi connectivity index (χ0v) is 9.49. The second-order valence-electron chi connectivity index (χ2n) is 3.28. The average Bonchev–Trinajstić information content (AvgIpc) is 2.15. The van der Waals surface area contributed by atoms with Gasteiger partial charge in [-0.05, 0) is 12.8 Å². The topological polar surface area (TPSA) is 98.1 Å². The van der Waals surface area contributed by atoms with Crippen LogP contribution in [-0.4, -0.2) is 66.7 Å². The van der Waals surface area contributed by atoms with Crippen molar-refractivity contribution in [3.05, 3.63) is 0 Å². The summed E-state index contributed by atoms with van der Waals surface area (Å²) in [6.45, 7) is 1.43. The lowest BCUT2D eigenvalue weighted by Crippen LogP contribution is -2.32. The van der Waals surface area contributed by atoms with Gasteiger partial charge in [0.2, 0.25) is 0 Å². The van der Waals surface area contributed by atoms with Crippen molar-refractivity contribution >= 4 is 10.1 Å². The van der Waals surface area contributed by atoms with Crippen LogP contribution in [0.3, 0.4) is 0 Å². The van der Waals surface area contributed by atoms with Gasteiger partial charge in [0.25, 0.3) is 10.1 Å². The first kappa shape index (κ1) is 14.8. The Labute approximate surface area is 90.3 Å². The molecule has 0 aliphatic carbocycles. The molecule has 15 heavy (non-hydrogen) atoms. The van der Waals surface area contributed by atoms with E-state index in [9.17, 15) is 8.42 Å². The summed E-state index contributed by atoms with van der Waals surface area (Å²) in [6.07, 6.45) is 1.10. The van der Waals surface area contributed by atoms with E-state index < -0.39 is 10.1 Å². The Hall–Kier alpha value is -0.210. The highest BCUT2D eigenvalue weighted by molar-refractivity contribution is 7.85. The van der Waals surface area contributed by atoms with Crippen molar-refractivity contribution in [3.8, 4) is 0 Å². The third-order valence-corrected chi connectivity index (χ3v) is 2.63. The summed E-state index contributed by atoms with van der Waals surface area (Å²) in [5.41, 5.74) is 0. The van der Waals surface area contributed by atoms with Gasteiger partial charge >= 0.3 is 0 Å². The van der Waals surface area contributed by atoms with Crippen molar-refractivity contribution in [2.45, 2.75) is 12.8 Å². The molecule has 0 spiro atoms. The smallest absolute Gasteiger partial charge is 0.266 e. The summed E-state index contributed by atoms with van der Waals surface area (Å²) in [6, 6.07) is 0. The molecule has 0 rings (SSSR count). The molecule has 0 aliphatic rings. The van der Waals surface area contributed by atoms with Crippen LogP contribution < -0.4 is 0 Å². The van der Waals surface area contributed by atoms with E-state index in [1.165, 1.54) is 0 Å². The van der Waals surface area contributed by atoms with E-state index in [-0.39, 0.29) is 25.5 Å². The predicted octanol–water partition coefficient (Wildman–Crippen LogP) is -1.06. The highest BCUT2D eigenvalue weighted by Gasteiger charge is 2.09. The van der Waals surface area contributed by atoms with Crippen LogP contribution in [0, 0.1) is 0 Å². The first-order valence-corrected chi connectivity index (χ1v) is 6.49. The minimum Gasteiger partial charge on any atom is -0.396 e. The number of nitrogens with zero attached hydrogens (tertiary/aromatic N) is 1. The number of hydrogen-bond acceptors (Lipinski definition) is 5. The Bertz CT molecular complexity index is 233. The van der Waals surface area contributed by atoms with Gasteiger partial charge in [-0.3, -0.25) is 4.55 Å². The molecule has 3 N–H and O–H groups in total. The van der Waals surface area contributed by atoms with Gasteiger partial charge in [0, 0.05) is 32.8 Å². The third kappa shape index (κ3) is 10.1. The number of aliphatic hydroxyl groups is 2. The summed E-state index contributed by atoms with van der Waals surface area (Å²) in [7, 11) is -3.94. The van der Waals surface area contributed by atoms with E-state index in [1.807, 2.05) is 0 Å². The van der Waals surface area contributed by atoms with Crippen molar-refractivity contribution in [1.29, 1.82) is 0 Å². The van der Waals surface area contributed by atoms with Crippen LogP contribution in [0.2, 0.25) is 0 Å². The van der Waals surface area contributed by atoms with Crippen LogP contribution in [0.25, 0.3) is 0 Å². The largest absolute Gasteiger partial charge is 0.396 e. The fourth-order valence-electron chi connectivity index (χ4n) is 1.17. The lowest BCUT2D eigenvalue weighted by molar-refractivity contribution is 0.207. The van der Waals surface area contributed by atoms with Gasteiger partial charge in [-0.2, -0.15) is 8.42 Å². The Morgan fingerprint density at radius 1 is 0.933 bits per heavy atom. The van der Waals surface area contributed by atoms with Crippen molar-refractivity contribution < 1.29 is 23.2 Å². The SMILES string of the molecule is O=S(=O)(O)CCN(CCCO)CCCO. The minimum absolute atomic E-state index is 0.0432. The molecule has 0 aromatic heterocycles. The molecule has 7 heteroatoms. The van der Waals surface area contributed by atoms with Gasteiger partial charge in [-0.1, -0.05) is 0 Å². The molecule has 0 saturated carbocycles. The van der Waals surface area contributed by atoms with Crippen LogP contribution in [0.1, 0.15) is 12.8 Å². The Kier molecular flexibility index (Phi) is 7.89. The quantitative estimate of drug-likeness (QED) is 0.445. The van der Waals surface area contributed by atoms with E-state index in [0.29, 0.717) is 25.9 Å². The van der Waals surface area contributed by atoms with Crippen molar-refractivity contribution in [2.75, 3.05) is 38.6 Å². The molecule has 0 radical (unpaired) electrons. The van der Waals surface area contributed by atoms with Gasteiger partial charge in [0.15, 0.2) is 0 Å². The zero-order chi connectivity index (χ0) is 11.7. The van der Waals surface area contributed by atoms with E-state index >= 15 is 0 Å². The number of rotatable bonds is 9. The molecule has 0 atom stereocenters. The third-order valence-electron chi connectivity index (χ3n) is 1.93. The Morgan fingerprint density at radius 2 is 1.40 bits per heavy atom. The fourth-order valence-corrected chi connectivity index (χ4v) is 1.66. The van der Waals surface area contributed by atoms with Gasteiger partial charge in [-0.25, -0.2) is 0 Å². The Morgan fingerprint density at radius 3 is 1.73 bits per heavy atom. The summed E-state index contributed by atoms with van der Waals surface area (Å²) < 4.78 is 29.6. The molecule has 0 amide bonds. The van der Waals surface area contributed by atoms with Crippen molar-refractivity contribution in [1.82, 2.24) is 4.90 Å². The molecule has 0 aromatic rings. The highest BCUT2D eigenvalue weighted by atomic mass is 32.2. The monoisotopic (exact) mass is 241 g/mol. The zero-order valence-electron chi connectivity index (χ0n) is 8.67. The molecule has 0 unspecified atom stereocenters. The maximum absolute atomic E-state index is 10.5. The highest BCUT2D eigenvalue weighted by Crippen LogP contribution is 1.95. The number of aliphatic hydroxyl groups excluding tert-OH is 2. The maximum Gasteiger partial charge on any atom is 0.266 e. The number of hydrogen-bond donors (Lipinski definition) is 3. The normalized spacial score (nSPS) is 12.3. The van der Waals surface area contributed by atoms with Crippen molar-refractivity contribution in [2.24, 2.45) is 0 Å². The molecular formula is C8H19NO5S.